The highest BCUT2D eigenvalue weighted by atomic mass is 19.1. The number of nitrogens with zero attached hydrogens (tertiary/aromatic N) is 1. The smallest absolute Gasteiger partial charge is 0.260 e. The molecule has 1 saturated heterocycles. The van der Waals surface area contributed by atoms with Crippen molar-refractivity contribution < 1.29 is 19.0 Å². The molecule has 116 valence electrons. The second kappa shape index (κ2) is 7.41. The summed E-state index contributed by atoms with van der Waals surface area (Å²) in [5.74, 6) is -0.135. The first-order valence-electron chi connectivity index (χ1n) is 7.46. The summed E-state index contributed by atoms with van der Waals surface area (Å²) in [5, 5.41) is 9.64. The maximum Gasteiger partial charge on any atom is 0.260 e. The van der Waals surface area contributed by atoms with Gasteiger partial charge in [0.2, 0.25) is 0 Å². The summed E-state index contributed by atoms with van der Waals surface area (Å²) in [6.07, 6.45) is 3.54. The topological polar surface area (TPSA) is 49.8 Å². The molecule has 0 aliphatic carbocycles. The molecule has 0 bridgehead atoms. The number of likely N-dealkylation sites (tertiary alicyclic amines) is 1. The minimum Gasteiger partial charge on any atom is -0.483 e. The number of rotatable bonds is 4. The van der Waals surface area contributed by atoms with E-state index in [4.69, 9.17) is 4.74 Å². The van der Waals surface area contributed by atoms with E-state index in [-0.39, 0.29) is 12.5 Å². The van der Waals surface area contributed by atoms with Gasteiger partial charge in [-0.2, -0.15) is 0 Å². The van der Waals surface area contributed by atoms with E-state index in [1.54, 1.807) is 0 Å². The van der Waals surface area contributed by atoms with Gasteiger partial charge in [0, 0.05) is 18.7 Å². The van der Waals surface area contributed by atoms with Crippen molar-refractivity contribution in [2.45, 2.75) is 38.7 Å². The molecule has 1 fully saturated rings. The Balaban J connectivity index is 1.97. The van der Waals surface area contributed by atoms with Gasteiger partial charge in [-0.3, -0.25) is 4.79 Å². The predicted octanol–water partition coefficient (Wildman–Crippen LogP) is 2.66. The zero-order chi connectivity index (χ0) is 15.2. The second-order valence-corrected chi connectivity index (χ2v) is 5.44. The molecule has 1 aliphatic rings. The van der Waals surface area contributed by atoms with Crippen molar-refractivity contribution in [3.63, 3.8) is 0 Å². The molecule has 0 saturated carbocycles. The molecular formula is C16H22FNO3. The van der Waals surface area contributed by atoms with Crippen LogP contribution < -0.4 is 4.74 Å². The molecule has 1 aliphatic heterocycles. The van der Waals surface area contributed by atoms with Crippen LogP contribution in [0.4, 0.5) is 4.39 Å². The van der Waals surface area contributed by atoms with Crippen LogP contribution in [0.15, 0.2) is 18.2 Å². The first-order chi connectivity index (χ1) is 10.1. The second-order valence-electron chi connectivity index (χ2n) is 5.44. The zero-order valence-electron chi connectivity index (χ0n) is 12.3. The van der Waals surface area contributed by atoms with Gasteiger partial charge >= 0.3 is 0 Å². The SMILES string of the molecule is CC(O)c1cc(F)ccc1OCC(=O)N1CCCCCC1. The molecule has 21 heavy (non-hydrogen) atoms. The third-order valence-electron chi connectivity index (χ3n) is 3.73. The van der Waals surface area contributed by atoms with Crippen LogP contribution in [0.1, 0.15) is 44.3 Å². The van der Waals surface area contributed by atoms with Crippen LogP contribution in [-0.4, -0.2) is 35.6 Å². The van der Waals surface area contributed by atoms with Gasteiger partial charge in [0.15, 0.2) is 6.61 Å². The number of carbonyl (C=O) groups excluding carboxylic acids is 1. The third kappa shape index (κ3) is 4.43. The van der Waals surface area contributed by atoms with Crippen molar-refractivity contribution in [2.24, 2.45) is 0 Å². The standard InChI is InChI=1S/C16H22FNO3/c1-12(19)14-10-13(17)6-7-15(14)21-11-16(20)18-8-4-2-3-5-9-18/h6-7,10,12,19H,2-5,8-9,11H2,1H3. The highest BCUT2D eigenvalue weighted by molar-refractivity contribution is 5.77. The van der Waals surface area contributed by atoms with E-state index in [1.165, 1.54) is 25.1 Å². The summed E-state index contributed by atoms with van der Waals surface area (Å²) in [4.78, 5) is 14.0. The number of benzene rings is 1. The van der Waals surface area contributed by atoms with E-state index in [2.05, 4.69) is 0 Å². The average Bonchev–Trinajstić information content (AvgIpc) is 2.74. The number of hydrogen-bond acceptors (Lipinski definition) is 3. The molecule has 0 spiro atoms. The number of carbonyl (C=O) groups is 1. The molecular weight excluding hydrogens is 273 g/mol. The maximum atomic E-state index is 13.2. The van der Waals surface area contributed by atoms with Crippen molar-refractivity contribution in [1.82, 2.24) is 4.90 Å². The minimum atomic E-state index is -0.844. The normalized spacial score (nSPS) is 17.2. The Hall–Kier alpha value is -1.62. The van der Waals surface area contributed by atoms with Gasteiger partial charge in [0.1, 0.15) is 11.6 Å². The van der Waals surface area contributed by atoms with E-state index < -0.39 is 11.9 Å². The highest BCUT2D eigenvalue weighted by Gasteiger charge is 2.17. The number of aliphatic hydroxyl groups is 1. The summed E-state index contributed by atoms with van der Waals surface area (Å²) in [6.45, 7) is 3.01. The lowest BCUT2D eigenvalue weighted by molar-refractivity contribution is -0.133. The molecule has 1 unspecified atom stereocenters. The Morgan fingerprint density at radius 3 is 2.62 bits per heavy atom. The van der Waals surface area contributed by atoms with E-state index in [9.17, 15) is 14.3 Å². The minimum absolute atomic E-state index is 0.0576. The summed E-state index contributed by atoms with van der Waals surface area (Å²) < 4.78 is 18.7. The van der Waals surface area contributed by atoms with Crippen molar-refractivity contribution in [1.29, 1.82) is 0 Å². The van der Waals surface area contributed by atoms with Crippen molar-refractivity contribution >= 4 is 5.91 Å². The average molecular weight is 295 g/mol. The fourth-order valence-corrected chi connectivity index (χ4v) is 2.53. The quantitative estimate of drug-likeness (QED) is 0.929. The first-order valence-corrected chi connectivity index (χ1v) is 7.46. The Bertz CT molecular complexity index is 482. The van der Waals surface area contributed by atoms with Gasteiger partial charge in [0.05, 0.1) is 6.10 Å². The maximum absolute atomic E-state index is 13.2. The van der Waals surface area contributed by atoms with Gasteiger partial charge in [-0.15, -0.1) is 0 Å². The number of ether oxygens (including phenoxy) is 1. The van der Waals surface area contributed by atoms with Crippen LogP contribution >= 0.6 is 0 Å². The molecule has 1 N–H and O–H groups in total. The monoisotopic (exact) mass is 295 g/mol. The van der Waals surface area contributed by atoms with Crippen LogP contribution in [0.25, 0.3) is 0 Å². The molecule has 1 aromatic rings. The predicted molar refractivity (Wildman–Crippen MR) is 77.6 cm³/mol. The molecule has 0 radical (unpaired) electrons. The van der Waals surface area contributed by atoms with Gasteiger partial charge in [-0.1, -0.05) is 12.8 Å². The lowest BCUT2D eigenvalue weighted by Gasteiger charge is -2.21. The lowest BCUT2D eigenvalue weighted by atomic mass is 10.1. The summed E-state index contributed by atoms with van der Waals surface area (Å²) in [5.41, 5.74) is 0.360. The Labute approximate surface area is 124 Å². The zero-order valence-corrected chi connectivity index (χ0v) is 12.3. The Kier molecular flexibility index (Phi) is 5.56. The lowest BCUT2D eigenvalue weighted by Crippen LogP contribution is -2.35. The molecule has 1 atom stereocenters. The largest absolute Gasteiger partial charge is 0.483 e. The van der Waals surface area contributed by atoms with Crippen LogP contribution in [-0.2, 0) is 4.79 Å². The molecule has 1 heterocycles. The molecule has 5 heteroatoms. The molecule has 2 rings (SSSR count). The van der Waals surface area contributed by atoms with Crippen LogP contribution in [0.5, 0.6) is 5.75 Å². The van der Waals surface area contributed by atoms with E-state index in [0.29, 0.717) is 11.3 Å². The molecule has 4 nitrogen and oxygen atoms in total. The van der Waals surface area contributed by atoms with Gasteiger partial charge < -0.3 is 14.7 Å². The fourth-order valence-electron chi connectivity index (χ4n) is 2.53. The van der Waals surface area contributed by atoms with E-state index >= 15 is 0 Å². The van der Waals surface area contributed by atoms with Gasteiger partial charge in [-0.25, -0.2) is 4.39 Å². The fraction of sp³-hybridized carbons (Fsp3) is 0.562. The number of halogens is 1. The van der Waals surface area contributed by atoms with Crippen LogP contribution in [0.3, 0.4) is 0 Å². The van der Waals surface area contributed by atoms with Crippen molar-refractivity contribution in [3.8, 4) is 5.75 Å². The van der Waals surface area contributed by atoms with Crippen molar-refractivity contribution in [2.75, 3.05) is 19.7 Å². The Morgan fingerprint density at radius 1 is 1.33 bits per heavy atom. The Morgan fingerprint density at radius 2 is 2.00 bits per heavy atom. The summed E-state index contributed by atoms with van der Waals surface area (Å²) >= 11 is 0. The first kappa shape index (κ1) is 15.8. The molecule has 1 aromatic carbocycles. The van der Waals surface area contributed by atoms with Gasteiger partial charge in [-0.05, 0) is 38.0 Å². The van der Waals surface area contributed by atoms with Crippen molar-refractivity contribution in [3.05, 3.63) is 29.6 Å². The van der Waals surface area contributed by atoms with E-state index in [1.807, 2.05) is 4.90 Å². The molecule has 0 aromatic heterocycles. The number of aliphatic hydroxyl groups excluding tert-OH is 1. The number of amides is 1. The number of hydrogen-bond donors (Lipinski definition) is 1. The van der Waals surface area contributed by atoms with E-state index in [0.717, 1.165) is 38.8 Å². The van der Waals surface area contributed by atoms with Crippen LogP contribution in [0.2, 0.25) is 0 Å². The highest BCUT2D eigenvalue weighted by Crippen LogP contribution is 2.26. The summed E-state index contributed by atoms with van der Waals surface area (Å²) in [7, 11) is 0. The third-order valence-corrected chi connectivity index (χ3v) is 3.73. The van der Waals surface area contributed by atoms with Gasteiger partial charge in [0.25, 0.3) is 5.91 Å². The summed E-state index contributed by atoms with van der Waals surface area (Å²) in [6, 6.07) is 3.95. The molecule has 1 amide bonds. The van der Waals surface area contributed by atoms with Crippen LogP contribution in [0, 0.1) is 5.82 Å².